The monoisotopic (exact) mass is 287 g/mol. The van der Waals surface area contributed by atoms with Gasteiger partial charge >= 0.3 is 0 Å². The van der Waals surface area contributed by atoms with Crippen LogP contribution >= 0.6 is 11.6 Å². The molecule has 20 heavy (non-hydrogen) atoms. The molecule has 2 aromatic carbocycles. The number of halogens is 1. The summed E-state index contributed by atoms with van der Waals surface area (Å²) in [6, 6.07) is 12.8. The van der Waals surface area contributed by atoms with Gasteiger partial charge in [0.1, 0.15) is 0 Å². The van der Waals surface area contributed by atoms with Crippen LogP contribution in [0.1, 0.15) is 40.8 Å². The molecule has 1 atom stereocenters. The first kappa shape index (κ1) is 15.1. The molecule has 0 saturated carbocycles. The number of nitrogens with one attached hydrogen (secondary N) is 1. The molecule has 0 aliphatic heterocycles. The van der Waals surface area contributed by atoms with Crippen molar-refractivity contribution in [3.05, 3.63) is 69.2 Å². The van der Waals surface area contributed by atoms with Gasteiger partial charge in [0, 0.05) is 17.6 Å². The highest BCUT2D eigenvalue weighted by atomic mass is 35.5. The maximum absolute atomic E-state index is 6.20. The second-order valence-electron chi connectivity index (χ2n) is 5.51. The molecule has 1 nitrogen and oxygen atoms in total. The lowest BCUT2D eigenvalue weighted by molar-refractivity contribution is 0.569. The van der Waals surface area contributed by atoms with E-state index in [0.717, 1.165) is 17.1 Å². The van der Waals surface area contributed by atoms with Crippen LogP contribution in [0.5, 0.6) is 0 Å². The quantitative estimate of drug-likeness (QED) is 0.823. The molecule has 2 aromatic rings. The maximum atomic E-state index is 6.20. The fraction of sp³-hybridized carbons (Fsp3) is 0.333. The van der Waals surface area contributed by atoms with Crippen molar-refractivity contribution in [3.8, 4) is 0 Å². The second-order valence-corrected chi connectivity index (χ2v) is 5.91. The lowest BCUT2D eigenvalue weighted by Crippen LogP contribution is -2.20. The summed E-state index contributed by atoms with van der Waals surface area (Å²) in [4.78, 5) is 0. The Morgan fingerprint density at radius 2 is 1.65 bits per heavy atom. The van der Waals surface area contributed by atoms with Crippen LogP contribution in [-0.2, 0) is 6.54 Å². The second kappa shape index (κ2) is 6.43. The lowest BCUT2D eigenvalue weighted by Gasteiger charge is -2.20. The molecular formula is C18H22ClN. The van der Waals surface area contributed by atoms with Gasteiger partial charge in [-0.1, -0.05) is 47.5 Å². The summed E-state index contributed by atoms with van der Waals surface area (Å²) >= 11 is 6.20. The highest BCUT2D eigenvalue weighted by Gasteiger charge is 2.12. The van der Waals surface area contributed by atoms with Gasteiger partial charge in [0.2, 0.25) is 0 Å². The molecule has 0 saturated heterocycles. The first-order valence-electron chi connectivity index (χ1n) is 7.03. The van der Waals surface area contributed by atoms with Crippen LogP contribution < -0.4 is 5.32 Å². The Morgan fingerprint density at radius 1 is 1.05 bits per heavy atom. The molecule has 1 unspecified atom stereocenters. The van der Waals surface area contributed by atoms with Crippen molar-refractivity contribution in [1.82, 2.24) is 5.32 Å². The largest absolute Gasteiger partial charge is 0.306 e. The number of hydrogen-bond donors (Lipinski definition) is 1. The molecule has 0 spiro atoms. The Morgan fingerprint density at radius 3 is 2.25 bits per heavy atom. The summed E-state index contributed by atoms with van der Waals surface area (Å²) < 4.78 is 0. The number of hydrogen-bond acceptors (Lipinski definition) is 1. The zero-order chi connectivity index (χ0) is 14.7. The Labute approximate surface area is 127 Å². The predicted octanol–water partition coefficient (Wildman–Crippen LogP) is 5.12. The lowest BCUT2D eigenvalue weighted by atomic mass is 9.95. The van der Waals surface area contributed by atoms with E-state index < -0.39 is 0 Å². The minimum atomic E-state index is 0.312. The van der Waals surface area contributed by atoms with Gasteiger partial charge in [-0.2, -0.15) is 0 Å². The third kappa shape index (κ3) is 3.41. The number of rotatable bonds is 4. The SMILES string of the molecule is Cc1cc(C)c(C(C)NCc2ccccc2Cl)c(C)c1. The van der Waals surface area contributed by atoms with Crippen LogP contribution in [0, 0.1) is 20.8 Å². The van der Waals surface area contributed by atoms with Crippen LogP contribution in [0.4, 0.5) is 0 Å². The van der Waals surface area contributed by atoms with Gasteiger partial charge in [-0.3, -0.25) is 0 Å². The standard InChI is InChI=1S/C18H22ClN/c1-12-9-13(2)18(14(3)10-12)15(4)20-11-16-7-5-6-8-17(16)19/h5-10,15,20H,11H2,1-4H3. The smallest absolute Gasteiger partial charge is 0.0450 e. The van der Waals surface area contributed by atoms with Gasteiger partial charge in [-0.25, -0.2) is 0 Å². The van der Waals surface area contributed by atoms with Crippen molar-refractivity contribution in [3.63, 3.8) is 0 Å². The zero-order valence-electron chi connectivity index (χ0n) is 12.6. The Hall–Kier alpha value is -1.31. The molecule has 0 fully saturated rings. The van der Waals surface area contributed by atoms with Crippen LogP contribution in [0.3, 0.4) is 0 Å². The summed E-state index contributed by atoms with van der Waals surface area (Å²) in [5, 5.41) is 4.40. The molecule has 0 aliphatic rings. The summed E-state index contributed by atoms with van der Waals surface area (Å²) in [6.07, 6.45) is 0. The van der Waals surface area contributed by atoms with Crippen molar-refractivity contribution < 1.29 is 0 Å². The Bertz CT molecular complexity index is 581. The van der Waals surface area contributed by atoms with E-state index in [-0.39, 0.29) is 0 Å². The fourth-order valence-electron chi connectivity index (χ4n) is 2.88. The van der Waals surface area contributed by atoms with E-state index >= 15 is 0 Å². The minimum Gasteiger partial charge on any atom is -0.306 e. The van der Waals surface area contributed by atoms with Crippen molar-refractivity contribution in [1.29, 1.82) is 0 Å². The Kier molecular flexibility index (Phi) is 4.85. The van der Waals surface area contributed by atoms with E-state index in [0.29, 0.717) is 6.04 Å². The van der Waals surface area contributed by atoms with Crippen LogP contribution in [0.15, 0.2) is 36.4 Å². The number of benzene rings is 2. The van der Waals surface area contributed by atoms with Crippen molar-refractivity contribution in [2.24, 2.45) is 0 Å². The molecule has 0 heterocycles. The van der Waals surface area contributed by atoms with Crippen molar-refractivity contribution in [2.75, 3.05) is 0 Å². The zero-order valence-corrected chi connectivity index (χ0v) is 13.4. The topological polar surface area (TPSA) is 12.0 Å². The van der Waals surface area contributed by atoms with E-state index in [2.05, 4.69) is 51.2 Å². The summed E-state index contributed by atoms with van der Waals surface area (Å²) in [5.74, 6) is 0. The molecule has 0 radical (unpaired) electrons. The molecule has 2 rings (SSSR count). The molecule has 0 bridgehead atoms. The van der Waals surface area contributed by atoms with E-state index in [1.165, 1.54) is 22.3 Å². The van der Waals surface area contributed by atoms with Gasteiger partial charge in [-0.05, 0) is 56.0 Å². The third-order valence-corrected chi connectivity index (χ3v) is 4.10. The first-order valence-corrected chi connectivity index (χ1v) is 7.41. The highest BCUT2D eigenvalue weighted by molar-refractivity contribution is 6.31. The average Bonchev–Trinajstić information content (AvgIpc) is 2.36. The van der Waals surface area contributed by atoms with Crippen molar-refractivity contribution in [2.45, 2.75) is 40.3 Å². The normalized spacial score (nSPS) is 12.4. The maximum Gasteiger partial charge on any atom is 0.0450 e. The fourth-order valence-corrected chi connectivity index (χ4v) is 3.08. The van der Waals surface area contributed by atoms with E-state index in [9.17, 15) is 0 Å². The molecular weight excluding hydrogens is 266 g/mol. The van der Waals surface area contributed by atoms with Crippen molar-refractivity contribution >= 4 is 11.6 Å². The van der Waals surface area contributed by atoms with E-state index in [4.69, 9.17) is 11.6 Å². The van der Waals surface area contributed by atoms with Gasteiger partial charge < -0.3 is 5.32 Å². The van der Waals surface area contributed by atoms with Crippen LogP contribution in [0.2, 0.25) is 5.02 Å². The first-order chi connectivity index (χ1) is 9.49. The predicted molar refractivity (Wildman–Crippen MR) is 87.4 cm³/mol. The molecule has 2 heteroatoms. The molecule has 0 aliphatic carbocycles. The van der Waals surface area contributed by atoms with Gasteiger partial charge in [-0.15, -0.1) is 0 Å². The van der Waals surface area contributed by atoms with Gasteiger partial charge in [0.25, 0.3) is 0 Å². The summed E-state index contributed by atoms with van der Waals surface area (Å²) in [5.41, 5.74) is 6.55. The summed E-state index contributed by atoms with van der Waals surface area (Å²) in [7, 11) is 0. The van der Waals surface area contributed by atoms with E-state index in [1.54, 1.807) is 0 Å². The van der Waals surface area contributed by atoms with E-state index in [1.807, 2.05) is 18.2 Å². The molecule has 106 valence electrons. The summed E-state index contributed by atoms with van der Waals surface area (Å²) in [6.45, 7) is 9.51. The van der Waals surface area contributed by atoms with Crippen LogP contribution in [0.25, 0.3) is 0 Å². The van der Waals surface area contributed by atoms with Crippen LogP contribution in [-0.4, -0.2) is 0 Å². The number of aryl methyl sites for hydroxylation is 3. The highest BCUT2D eigenvalue weighted by Crippen LogP contribution is 2.24. The third-order valence-electron chi connectivity index (χ3n) is 3.73. The average molecular weight is 288 g/mol. The van der Waals surface area contributed by atoms with Gasteiger partial charge in [0.15, 0.2) is 0 Å². The van der Waals surface area contributed by atoms with Gasteiger partial charge in [0.05, 0.1) is 0 Å². The minimum absolute atomic E-state index is 0.312. The molecule has 1 N–H and O–H groups in total. The Balaban J connectivity index is 2.13. The molecule has 0 amide bonds. The molecule has 0 aromatic heterocycles.